The highest BCUT2D eigenvalue weighted by Crippen LogP contribution is 2.19. The second-order valence-electron chi connectivity index (χ2n) is 5.33. The molecule has 0 aliphatic rings. The Balaban J connectivity index is 0.00000312. The van der Waals surface area contributed by atoms with Gasteiger partial charge in [0.15, 0.2) is 5.96 Å². The van der Waals surface area contributed by atoms with Gasteiger partial charge >= 0.3 is 0 Å². The molecule has 5 nitrogen and oxygen atoms in total. The van der Waals surface area contributed by atoms with Crippen LogP contribution in [0.2, 0.25) is 0 Å². The Hall–Kier alpha value is -1.35. The molecule has 0 unspecified atom stereocenters. The second kappa shape index (κ2) is 11.3. The third-order valence-electron chi connectivity index (χ3n) is 3.44. The molecular formula is C18H27IN4OS. The Morgan fingerprint density at radius 2 is 1.96 bits per heavy atom. The molecule has 0 saturated carbocycles. The number of halogens is 1. The molecule has 0 fully saturated rings. The topological polar surface area (TPSA) is 58.5 Å². The average molecular weight is 474 g/mol. The van der Waals surface area contributed by atoms with Gasteiger partial charge in [0.2, 0.25) is 0 Å². The molecular weight excluding hydrogens is 447 g/mol. The van der Waals surface area contributed by atoms with E-state index < -0.39 is 0 Å². The van der Waals surface area contributed by atoms with Gasteiger partial charge in [-0.25, -0.2) is 9.98 Å². The average Bonchev–Trinajstić information content (AvgIpc) is 2.89. The molecule has 2 N–H and O–H groups in total. The summed E-state index contributed by atoms with van der Waals surface area (Å²) < 4.78 is 5.66. The van der Waals surface area contributed by atoms with Crippen LogP contribution in [0, 0.1) is 13.8 Å². The van der Waals surface area contributed by atoms with Crippen molar-refractivity contribution in [1.82, 2.24) is 15.6 Å². The van der Waals surface area contributed by atoms with E-state index in [1.54, 1.807) is 11.3 Å². The first-order valence-electron chi connectivity index (χ1n) is 8.29. The Morgan fingerprint density at radius 3 is 2.60 bits per heavy atom. The molecule has 25 heavy (non-hydrogen) atoms. The normalized spacial score (nSPS) is 11.0. The van der Waals surface area contributed by atoms with Crippen LogP contribution in [-0.4, -0.2) is 24.1 Å². The van der Waals surface area contributed by atoms with Gasteiger partial charge in [-0.15, -0.1) is 35.3 Å². The van der Waals surface area contributed by atoms with Crippen molar-refractivity contribution in [2.75, 3.05) is 13.2 Å². The highest BCUT2D eigenvalue weighted by molar-refractivity contribution is 14.0. The van der Waals surface area contributed by atoms with Crippen molar-refractivity contribution < 1.29 is 4.74 Å². The molecule has 0 saturated heterocycles. The first-order valence-corrected chi connectivity index (χ1v) is 9.11. The van der Waals surface area contributed by atoms with Crippen molar-refractivity contribution in [3.05, 3.63) is 45.4 Å². The zero-order chi connectivity index (χ0) is 17.4. The maximum Gasteiger partial charge on any atom is 0.191 e. The van der Waals surface area contributed by atoms with Gasteiger partial charge in [-0.3, -0.25) is 0 Å². The van der Waals surface area contributed by atoms with Crippen molar-refractivity contribution in [3.8, 4) is 5.75 Å². The van der Waals surface area contributed by atoms with Crippen LogP contribution in [0.5, 0.6) is 5.75 Å². The largest absolute Gasteiger partial charge is 0.494 e. The molecule has 0 amide bonds. The summed E-state index contributed by atoms with van der Waals surface area (Å²) in [5, 5.41) is 7.76. The Bertz CT molecular complexity index is 687. The summed E-state index contributed by atoms with van der Waals surface area (Å²) in [6.45, 7) is 10.9. The van der Waals surface area contributed by atoms with E-state index in [0.717, 1.165) is 41.1 Å². The molecule has 2 rings (SSSR count). The summed E-state index contributed by atoms with van der Waals surface area (Å²) in [5.74, 6) is 1.70. The van der Waals surface area contributed by atoms with Crippen LogP contribution in [0.4, 0.5) is 0 Å². The molecule has 0 atom stereocenters. The number of para-hydroxylation sites is 1. The molecule has 0 aliphatic heterocycles. The molecule has 138 valence electrons. The molecule has 0 radical (unpaired) electrons. The van der Waals surface area contributed by atoms with Crippen LogP contribution in [0.1, 0.15) is 35.0 Å². The van der Waals surface area contributed by atoms with E-state index in [1.807, 2.05) is 39.0 Å². The fourth-order valence-corrected chi connectivity index (χ4v) is 3.22. The fraction of sp³-hybridized carbons (Fsp3) is 0.444. The third-order valence-corrected chi connectivity index (χ3v) is 4.51. The van der Waals surface area contributed by atoms with Crippen molar-refractivity contribution in [3.63, 3.8) is 0 Å². The number of rotatable bonds is 7. The van der Waals surface area contributed by atoms with Crippen LogP contribution in [0.25, 0.3) is 0 Å². The molecule has 0 aliphatic carbocycles. The fourth-order valence-electron chi connectivity index (χ4n) is 2.34. The van der Waals surface area contributed by atoms with Gasteiger partial charge in [0.05, 0.1) is 30.4 Å². The highest BCUT2D eigenvalue weighted by atomic mass is 127. The Labute approximate surface area is 171 Å². The van der Waals surface area contributed by atoms with Crippen LogP contribution < -0.4 is 15.4 Å². The summed E-state index contributed by atoms with van der Waals surface area (Å²) >= 11 is 1.72. The predicted octanol–water partition coefficient (Wildman–Crippen LogP) is 4.03. The molecule has 1 heterocycles. The molecule has 2 aromatic rings. The SMILES string of the molecule is CCNC(=NCc1ccccc1OCC)NCc1sc(C)nc1C.I. The van der Waals surface area contributed by atoms with Crippen molar-refractivity contribution in [1.29, 1.82) is 0 Å². The Kier molecular flexibility index (Phi) is 9.81. The number of aryl methyl sites for hydroxylation is 2. The van der Waals surface area contributed by atoms with Gasteiger partial charge in [0, 0.05) is 17.0 Å². The van der Waals surface area contributed by atoms with E-state index in [-0.39, 0.29) is 24.0 Å². The van der Waals surface area contributed by atoms with E-state index in [1.165, 1.54) is 4.88 Å². The number of aromatic nitrogens is 1. The quantitative estimate of drug-likeness (QED) is 0.362. The summed E-state index contributed by atoms with van der Waals surface area (Å²) in [6, 6.07) is 8.03. The van der Waals surface area contributed by atoms with Gasteiger partial charge in [0.1, 0.15) is 5.75 Å². The monoisotopic (exact) mass is 474 g/mol. The first-order chi connectivity index (χ1) is 11.6. The molecule has 1 aromatic carbocycles. The number of aliphatic imine (C=N–C) groups is 1. The van der Waals surface area contributed by atoms with E-state index in [2.05, 4.69) is 33.6 Å². The number of hydrogen-bond donors (Lipinski definition) is 2. The minimum Gasteiger partial charge on any atom is -0.494 e. The number of guanidine groups is 1. The smallest absolute Gasteiger partial charge is 0.191 e. The second-order valence-corrected chi connectivity index (χ2v) is 6.62. The lowest BCUT2D eigenvalue weighted by Crippen LogP contribution is -2.36. The van der Waals surface area contributed by atoms with Crippen LogP contribution in [0.15, 0.2) is 29.3 Å². The minimum atomic E-state index is 0. The maximum atomic E-state index is 5.66. The van der Waals surface area contributed by atoms with Gasteiger partial charge in [-0.1, -0.05) is 18.2 Å². The third kappa shape index (κ3) is 6.81. The predicted molar refractivity (Wildman–Crippen MR) is 116 cm³/mol. The standard InChI is InChI=1S/C18H26N4OS.HI/c1-5-19-18(21-12-17-13(3)22-14(4)24-17)20-11-15-9-7-8-10-16(15)23-6-2;/h7-10H,5-6,11-12H2,1-4H3,(H2,19,20,21);1H. The van der Waals surface area contributed by atoms with E-state index in [0.29, 0.717) is 13.2 Å². The molecule has 0 bridgehead atoms. The maximum absolute atomic E-state index is 5.66. The van der Waals surface area contributed by atoms with Crippen LogP contribution in [0.3, 0.4) is 0 Å². The first kappa shape index (κ1) is 21.7. The Morgan fingerprint density at radius 1 is 1.20 bits per heavy atom. The summed E-state index contributed by atoms with van der Waals surface area (Å²) in [5.41, 5.74) is 2.17. The van der Waals surface area contributed by atoms with Gasteiger partial charge in [-0.2, -0.15) is 0 Å². The summed E-state index contributed by atoms with van der Waals surface area (Å²) in [7, 11) is 0. The molecule has 1 aromatic heterocycles. The van der Waals surface area contributed by atoms with Crippen LogP contribution in [-0.2, 0) is 13.1 Å². The number of ether oxygens (including phenoxy) is 1. The lowest BCUT2D eigenvalue weighted by atomic mass is 10.2. The lowest BCUT2D eigenvalue weighted by Gasteiger charge is -2.12. The van der Waals surface area contributed by atoms with E-state index >= 15 is 0 Å². The summed E-state index contributed by atoms with van der Waals surface area (Å²) in [6.07, 6.45) is 0. The zero-order valence-corrected chi connectivity index (χ0v) is 18.4. The number of nitrogens with one attached hydrogen (secondary N) is 2. The van der Waals surface area contributed by atoms with Gasteiger partial charge in [0.25, 0.3) is 0 Å². The van der Waals surface area contributed by atoms with Crippen molar-refractivity contribution in [2.45, 2.75) is 40.8 Å². The number of hydrogen-bond acceptors (Lipinski definition) is 4. The van der Waals surface area contributed by atoms with E-state index in [9.17, 15) is 0 Å². The zero-order valence-electron chi connectivity index (χ0n) is 15.3. The van der Waals surface area contributed by atoms with Crippen molar-refractivity contribution >= 4 is 41.3 Å². The van der Waals surface area contributed by atoms with E-state index in [4.69, 9.17) is 4.74 Å². The lowest BCUT2D eigenvalue weighted by molar-refractivity contribution is 0.336. The molecule has 0 spiro atoms. The highest BCUT2D eigenvalue weighted by Gasteiger charge is 2.06. The van der Waals surface area contributed by atoms with Gasteiger partial charge < -0.3 is 15.4 Å². The van der Waals surface area contributed by atoms with Crippen molar-refractivity contribution in [2.24, 2.45) is 4.99 Å². The molecule has 7 heteroatoms. The summed E-state index contributed by atoms with van der Waals surface area (Å²) in [4.78, 5) is 10.4. The number of benzene rings is 1. The number of thiazole rings is 1. The van der Waals surface area contributed by atoms with Crippen LogP contribution >= 0.6 is 35.3 Å². The minimum absolute atomic E-state index is 0. The van der Waals surface area contributed by atoms with Gasteiger partial charge in [-0.05, 0) is 33.8 Å². The number of nitrogens with zero attached hydrogens (tertiary/aromatic N) is 2.